The van der Waals surface area contributed by atoms with Crippen LogP contribution < -0.4 is 26.4 Å². The normalized spacial score (nSPS) is 18.6. The number of halogens is 3. The molecule has 1 unspecified atom stereocenters. The highest BCUT2D eigenvalue weighted by atomic mass is 19.4. The van der Waals surface area contributed by atoms with Crippen LogP contribution in [0, 0.1) is 11.8 Å². The van der Waals surface area contributed by atoms with Crippen LogP contribution in [0.4, 0.5) is 24.7 Å². The minimum atomic E-state index is -4.54. The van der Waals surface area contributed by atoms with Crippen molar-refractivity contribution in [2.24, 2.45) is 17.6 Å². The van der Waals surface area contributed by atoms with E-state index in [1.807, 2.05) is 18.2 Å². The van der Waals surface area contributed by atoms with E-state index in [2.05, 4.69) is 20.9 Å². The van der Waals surface area contributed by atoms with Crippen LogP contribution in [0.2, 0.25) is 0 Å². The summed E-state index contributed by atoms with van der Waals surface area (Å²) in [5, 5.41) is 8.65. The predicted molar refractivity (Wildman–Crippen MR) is 144 cm³/mol. The predicted octanol–water partition coefficient (Wildman–Crippen LogP) is 4.64. The molecule has 1 fully saturated rings. The van der Waals surface area contributed by atoms with E-state index < -0.39 is 17.7 Å². The summed E-state index contributed by atoms with van der Waals surface area (Å²) in [6, 6.07) is 12.4. The number of hydrogen-bond acceptors (Lipinski definition) is 6. The maximum Gasteiger partial charge on any atom is 0.416 e. The SMILES string of the molecule is NCc1cc(NC(=O)C2CCc3ccc(Oc4ccnc(NC(=O)[C@@H]5CCNC5)c4)cc3C2)cc(C(F)(F)F)c1. The number of ether oxygens (including phenoxy) is 1. The van der Waals surface area contributed by atoms with Crippen molar-refractivity contribution in [1.29, 1.82) is 0 Å². The first-order valence-electron chi connectivity index (χ1n) is 13.2. The molecule has 11 heteroatoms. The van der Waals surface area contributed by atoms with Gasteiger partial charge in [0.25, 0.3) is 0 Å². The van der Waals surface area contributed by atoms with Crippen molar-refractivity contribution < 1.29 is 27.5 Å². The van der Waals surface area contributed by atoms with Gasteiger partial charge in [0.1, 0.15) is 17.3 Å². The largest absolute Gasteiger partial charge is 0.457 e. The van der Waals surface area contributed by atoms with Gasteiger partial charge in [0, 0.05) is 37.0 Å². The number of pyridine rings is 1. The second-order valence-corrected chi connectivity index (χ2v) is 10.1. The van der Waals surface area contributed by atoms with Gasteiger partial charge in [-0.25, -0.2) is 4.98 Å². The third-order valence-electron chi connectivity index (χ3n) is 7.25. The number of amides is 2. The molecule has 1 aliphatic heterocycles. The number of carbonyl (C=O) groups is 2. The number of carbonyl (C=O) groups excluding carboxylic acids is 2. The molecule has 0 bridgehead atoms. The molecule has 2 atom stereocenters. The molecule has 1 aliphatic carbocycles. The molecule has 0 saturated carbocycles. The van der Waals surface area contributed by atoms with E-state index in [0.717, 1.165) is 36.2 Å². The number of aryl methyl sites for hydroxylation is 1. The zero-order valence-electron chi connectivity index (χ0n) is 21.7. The van der Waals surface area contributed by atoms with Crippen LogP contribution in [0.3, 0.4) is 0 Å². The molecule has 0 radical (unpaired) electrons. The van der Waals surface area contributed by atoms with Crippen LogP contribution in [0.5, 0.6) is 11.5 Å². The molecule has 2 heterocycles. The number of benzene rings is 2. The van der Waals surface area contributed by atoms with Gasteiger partial charge in [-0.3, -0.25) is 9.59 Å². The standard InChI is InChI=1S/C29H30F3N5O3/c30-29(31,32)22-9-17(15-33)10-23(13-22)36-27(38)19-2-1-18-3-4-24(12-21(18)11-19)40-25-6-8-35-26(14-25)37-28(39)20-5-7-34-16-20/h3-4,6,8-10,12-14,19-20,34H,1-2,5,7,11,15-16,33H2,(H,36,38)(H,35,37,39)/t19?,20-/m1/s1. The Morgan fingerprint density at radius 3 is 2.52 bits per heavy atom. The summed E-state index contributed by atoms with van der Waals surface area (Å²) in [5.74, 6) is 0.536. The van der Waals surface area contributed by atoms with E-state index in [1.165, 1.54) is 6.07 Å². The third kappa shape index (κ3) is 6.60. The Labute approximate surface area is 229 Å². The Balaban J connectivity index is 1.25. The summed E-state index contributed by atoms with van der Waals surface area (Å²) < 4.78 is 45.9. The average Bonchev–Trinajstić information content (AvgIpc) is 3.48. The highest BCUT2D eigenvalue weighted by Gasteiger charge is 2.32. The van der Waals surface area contributed by atoms with Gasteiger partial charge in [-0.05, 0) is 85.3 Å². The zero-order chi connectivity index (χ0) is 28.3. The Morgan fingerprint density at radius 1 is 0.975 bits per heavy atom. The lowest BCUT2D eigenvalue weighted by molar-refractivity contribution is -0.137. The molecule has 40 heavy (non-hydrogen) atoms. The Kier molecular flexibility index (Phi) is 8.04. The van der Waals surface area contributed by atoms with E-state index in [9.17, 15) is 22.8 Å². The molecule has 2 aliphatic rings. The first-order valence-corrected chi connectivity index (χ1v) is 13.2. The molecule has 8 nitrogen and oxygen atoms in total. The van der Waals surface area contributed by atoms with Crippen molar-refractivity contribution in [1.82, 2.24) is 10.3 Å². The van der Waals surface area contributed by atoms with Gasteiger partial charge < -0.3 is 26.4 Å². The molecule has 1 aromatic heterocycles. The maximum absolute atomic E-state index is 13.3. The highest BCUT2D eigenvalue weighted by molar-refractivity contribution is 5.93. The molecule has 5 N–H and O–H groups in total. The number of hydrogen-bond donors (Lipinski definition) is 4. The lowest BCUT2D eigenvalue weighted by Crippen LogP contribution is -2.28. The average molecular weight is 554 g/mol. The van der Waals surface area contributed by atoms with E-state index in [0.29, 0.717) is 43.1 Å². The van der Waals surface area contributed by atoms with Crippen LogP contribution in [-0.4, -0.2) is 29.9 Å². The fourth-order valence-electron chi connectivity index (χ4n) is 5.10. The van der Waals surface area contributed by atoms with Gasteiger partial charge in [-0.15, -0.1) is 0 Å². The molecule has 2 amide bonds. The number of rotatable bonds is 7. The van der Waals surface area contributed by atoms with Gasteiger partial charge in [0.05, 0.1) is 11.5 Å². The third-order valence-corrected chi connectivity index (χ3v) is 7.25. The first-order chi connectivity index (χ1) is 19.2. The first kappa shape index (κ1) is 27.6. The van der Waals surface area contributed by atoms with E-state index in [-0.39, 0.29) is 35.5 Å². The van der Waals surface area contributed by atoms with Crippen molar-refractivity contribution in [3.8, 4) is 11.5 Å². The van der Waals surface area contributed by atoms with Crippen LogP contribution in [0.25, 0.3) is 0 Å². The number of aromatic nitrogens is 1. The minimum Gasteiger partial charge on any atom is -0.457 e. The summed E-state index contributed by atoms with van der Waals surface area (Å²) in [6.07, 6.45) is -0.545. The zero-order valence-corrected chi connectivity index (χ0v) is 21.7. The van der Waals surface area contributed by atoms with Gasteiger partial charge >= 0.3 is 6.18 Å². The number of nitrogens with zero attached hydrogens (tertiary/aromatic N) is 1. The highest BCUT2D eigenvalue weighted by Crippen LogP contribution is 2.34. The van der Waals surface area contributed by atoms with Crippen molar-refractivity contribution in [3.05, 3.63) is 77.0 Å². The number of fused-ring (bicyclic) bond motifs is 1. The number of nitrogens with one attached hydrogen (secondary N) is 3. The molecule has 210 valence electrons. The Morgan fingerprint density at radius 2 is 1.77 bits per heavy atom. The molecule has 5 rings (SSSR count). The van der Waals surface area contributed by atoms with Crippen LogP contribution in [0.1, 0.15) is 35.1 Å². The van der Waals surface area contributed by atoms with Crippen molar-refractivity contribution in [2.75, 3.05) is 23.7 Å². The second-order valence-electron chi connectivity index (χ2n) is 10.1. The lowest BCUT2D eigenvalue weighted by atomic mass is 9.83. The van der Waals surface area contributed by atoms with Gasteiger partial charge in [0.15, 0.2) is 0 Å². The monoisotopic (exact) mass is 553 g/mol. The van der Waals surface area contributed by atoms with Gasteiger partial charge in [-0.2, -0.15) is 13.2 Å². The number of nitrogens with two attached hydrogens (primary N) is 1. The molecule has 1 saturated heterocycles. The summed E-state index contributed by atoms with van der Waals surface area (Å²) in [7, 11) is 0. The summed E-state index contributed by atoms with van der Waals surface area (Å²) in [6.45, 7) is 1.39. The fourth-order valence-corrected chi connectivity index (χ4v) is 5.10. The van der Waals surface area contributed by atoms with Crippen molar-refractivity contribution >= 4 is 23.3 Å². The Bertz CT molecular complexity index is 1410. The van der Waals surface area contributed by atoms with Gasteiger partial charge in [0.2, 0.25) is 11.8 Å². The summed E-state index contributed by atoms with van der Waals surface area (Å²) in [4.78, 5) is 29.7. The number of alkyl halides is 3. The number of anilines is 2. The molecular weight excluding hydrogens is 523 g/mol. The van der Waals surface area contributed by atoms with Crippen molar-refractivity contribution in [2.45, 2.75) is 38.4 Å². The van der Waals surface area contributed by atoms with E-state index in [1.54, 1.807) is 18.3 Å². The molecule has 0 spiro atoms. The fraction of sp³-hybridized carbons (Fsp3) is 0.345. The summed E-state index contributed by atoms with van der Waals surface area (Å²) >= 11 is 0. The molecule has 3 aromatic rings. The van der Waals surface area contributed by atoms with E-state index in [4.69, 9.17) is 10.5 Å². The van der Waals surface area contributed by atoms with Crippen LogP contribution in [-0.2, 0) is 35.2 Å². The van der Waals surface area contributed by atoms with Crippen LogP contribution >= 0.6 is 0 Å². The Hall–Kier alpha value is -3.96. The van der Waals surface area contributed by atoms with Crippen LogP contribution in [0.15, 0.2) is 54.7 Å². The lowest BCUT2D eigenvalue weighted by Gasteiger charge is -2.25. The van der Waals surface area contributed by atoms with Crippen molar-refractivity contribution in [3.63, 3.8) is 0 Å². The van der Waals surface area contributed by atoms with Gasteiger partial charge in [-0.1, -0.05) is 6.07 Å². The second kappa shape index (κ2) is 11.6. The topological polar surface area (TPSA) is 118 Å². The maximum atomic E-state index is 13.3. The molecular formula is C29H30F3N5O3. The van der Waals surface area contributed by atoms with E-state index >= 15 is 0 Å². The minimum absolute atomic E-state index is 0.0737. The quantitative estimate of drug-likeness (QED) is 0.339. The molecule has 2 aromatic carbocycles. The summed E-state index contributed by atoms with van der Waals surface area (Å²) in [5.41, 5.74) is 7.11. The smallest absolute Gasteiger partial charge is 0.416 e.